The number of aromatic nitrogens is 5. The van der Waals surface area contributed by atoms with Crippen molar-refractivity contribution in [3.63, 3.8) is 0 Å². The Morgan fingerprint density at radius 3 is 2.70 bits per heavy atom. The maximum atomic E-state index is 12.0. The second-order valence-corrected chi connectivity index (χ2v) is 5.43. The van der Waals surface area contributed by atoms with E-state index in [0.717, 1.165) is 5.75 Å². The first-order chi connectivity index (χ1) is 13.2. The summed E-state index contributed by atoms with van der Waals surface area (Å²) >= 11 is 0. The molecule has 2 aromatic heterocycles. The number of rotatable bonds is 7. The van der Waals surface area contributed by atoms with E-state index in [1.807, 2.05) is 6.92 Å². The lowest BCUT2D eigenvalue weighted by molar-refractivity contribution is 0.251. The summed E-state index contributed by atoms with van der Waals surface area (Å²) in [5.74, 6) is 1.20. The number of carbonyl (C=O) groups excluding carboxylic acids is 1. The van der Waals surface area contributed by atoms with Gasteiger partial charge in [0.1, 0.15) is 18.4 Å². The molecule has 2 heterocycles. The molecule has 10 heteroatoms. The molecule has 140 valence electrons. The van der Waals surface area contributed by atoms with Crippen LogP contribution in [0.15, 0.2) is 53.8 Å². The predicted molar refractivity (Wildman–Crippen MR) is 98.0 cm³/mol. The number of carbonyl (C=O) groups is 1. The van der Waals surface area contributed by atoms with Gasteiger partial charge in [-0.2, -0.15) is 5.10 Å². The van der Waals surface area contributed by atoms with Gasteiger partial charge in [0.15, 0.2) is 5.82 Å². The van der Waals surface area contributed by atoms with Crippen LogP contribution in [0.25, 0.3) is 5.82 Å². The third kappa shape index (κ3) is 4.91. The number of anilines is 1. The number of benzene rings is 1. The van der Waals surface area contributed by atoms with Gasteiger partial charge in [-0.3, -0.25) is 4.79 Å². The van der Waals surface area contributed by atoms with Gasteiger partial charge in [-0.15, -0.1) is 5.10 Å². The maximum Gasteiger partial charge on any atom is 0.319 e. The van der Waals surface area contributed by atoms with E-state index in [0.29, 0.717) is 18.1 Å². The third-order valence-corrected chi connectivity index (χ3v) is 3.54. The molecule has 3 rings (SSSR count). The fourth-order valence-corrected chi connectivity index (χ4v) is 2.30. The highest BCUT2D eigenvalue weighted by atomic mass is 16.5. The Hall–Kier alpha value is -3.69. The van der Waals surface area contributed by atoms with E-state index in [9.17, 15) is 9.59 Å². The summed E-state index contributed by atoms with van der Waals surface area (Å²) < 4.78 is 8.05. The van der Waals surface area contributed by atoms with E-state index in [1.54, 1.807) is 30.3 Å². The Kier molecular flexibility index (Phi) is 5.77. The average Bonchev–Trinajstić information content (AvgIpc) is 3.20. The van der Waals surface area contributed by atoms with Crippen LogP contribution in [0.1, 0.15) is 6.92 Å². The zero-order valence-corrected chi connectivity index (χ0v) is 14.7. The molecule has 10 nitrogen and oxygen atoms in total. The third-order valence-electron chi connectivity index (χ3n) is 3.54. The van der Waals surface area contributed by atoms with Crippen LogP contribution in [0, 0.1) is 0 Å². The molecule has 0 radical (unpaired) electrons. The molecule has 0 saturated carbocycles. The highest BCUT2D eigenvalue weighted by molar-refractivity contribution is 5.89. The minimum absolute atomic E-state index is 0.220. The van der Waals surface area contributed by atoms with Crippen LogP contribution in [0.5, 0.6) is 5.75 Å². The molecule has 1 aromatic carbocycles. The van der Waals surface area contributed by atoms with Crippen LogP contribution in [0.3, 0.4) is 0 Å². The van der Waals surface area contributed by atoms with Crippen LogP contribution < -0.4 is 20.9 Å². The van der Waals surface area contributed by atoms with Crippen molar-refractivity contribution in [1.29, 1.82) is 0 Å². The maximum absolute atomic E-state index is 12.0. The molecule has 27 heavy (non-hydrogen) atoms. The summed E-state index contributed by atoms with van der Waals surface area (Å²) in [5.41, 5.74) is 0.368. The first kappa shape index (κ1) is 18.1. The topological polar surface area (TPSA) is 116 Å². The van der Waals surface area contributed by atoms with E-state index >= 15 is 0 Å². The molecular weight excluding hydrogens is 350 g/mol. The molecule has 0 aliphatic rings. The fraction of sp³-hybridized carbons (Fsp3) is 0.235. The van der Waals surface area contributed by atoms with E-state index in [1.165, 1.54) is 28.1 Å². The van der Waals surface area contributed by atoms with E-state index in [-0.39, 0.29) is 24.7 Å². The lowest BCUT2D eigenvalue weighted by Gasteiger charge is -2.10. The molecule has 0 bridgehead atoms. The van der Waals surface area contributed by atoms with Gasteiger partial charge in [0.25, 0.3) is 5.56 Å². The smallest absolute Gasteiger partial charge is 0.319 e. The van der Waals surface area contributed by atoms with Gasteiger partial charge in [-0.25, -0.2) is 19.1 Å². The van der Waals surface area contributed by atoms with Crippen molar-refractivity contribution in [3.8, 4) is 11.6 Å². The molecule has 0 atom stereocenters. The summed E-state index contributed by atoms with van der Waals surface area (Å²) in [6.07, 6.45) is 2.86. The van der Waals surface area contributed by atoms with Crippen LogP contribution in [-0.4, -0.2) is 43.7 Å². The SMILES string of the molecule is CCOc1ccc(NC(=O)NCCn2nc(-n3cncn3)ccc2=O)cc1. The van der Waals surface area contributed by atoms with Gasteiger partial charge in [0.2, 0.25) is 0 Å². The Morgan fingerprint density at radius 1 is 1.19 bits per heavy atom. The molecule has 0 saturated heterocycles. The number of hydrogen-bond acceptors (Lipinski definition) is 6. The Bertz CT molecular complexity index is 936. The number of ether oxygens (including phenoxy) is 1. The largest absolute Gasteiger partial charge is 0.494 e. The number of nitrogens with zero attached hydrogens (tertiary/aromatic N) is 5. The lowest BCUT2D eigenvalue weighted by atomic mass is 10.3. The summed E-state index contributed by atoms with van der Waals surface area (Å²) in [6.45, 7) is 2.94. The van der Waals surface area contributed by atoms with Crippen LogP contribution in [-0.2, 0) is 6.54 Å². The van der Waals surface area contributed by atoms with Crippen LogP contribution in [0.4, 0.5) is 10.5 Å². The minimum Gasteiger partial charge on any atom is -0.494 e. The molecule has 0 aliphatic carbocycles. The molecule has 2 N–H and O–H groups in total. The lowest BCUT2D eigenvalue weighted by Crippen LogP contribution is -2.34. The van der Waals surface area contributed by atoms with Crippen molar-refractivity contribution in [2.75, 3.05) is 18.5 Å². The van der Waals surface area contributed by atoms with Gasteiger partial charge in [-0.05, 0) is 37.3 Å². The van der Waals surface area contributed by atoms with Crippen molar-refractivity contribution < 1.29 is 9.53 Å². The van der Waals surface area contributed by atoms with Gasteiger partial charge in [0, 0.05) is 18.3 Å². The van der Waals surface area contributed by atoms with Crippen molar-refractivity contribution in [1.82, 2.24) is 29.9 Å². The Balaban J connectivity index is 1.52. The fourth-order valence-electron chi connectivity index (χ4n) is 2.30. The summed E-state index contributed by atoms with van der Waals surface area (Å²) in [5, 5.41) is 13.6. The predicted octanol–water partition coefficient (Wildman–Crippen LogP) is 1.04. The van der Waals surface area contributed by atoms with Crippen molar-refractivity contribution >= 4 is 11.7 Å². The molecule has 0 aliphatic heterocycles. The zero-order chi connectivity index (χ0) is 19.1. The molecule has 0 fully saturated rings. The van der Waals surface area contributed by atoms with Crippen molar-refractivity contribution in [2.24, 2.45) is 0 Å². The number of urea groups is 1. The minimum atomic E-state index is -0.375. The normalized spacial score (nSPS) is 10.4. The van der Waals surface area contributed by atoms with E-state index in [2.05, 4.69) is 25.8 Å². The van der Waals surface area contributed by atoms with Gasteiger partial charge in [-0.1, -0.05) is 0 Å². The van der Waals surface area contributed by atoms with E-state index < -0.39 is 0 Å². The Morgan fingerprint density at radius 2 is 2.00 bits per heavy atom. The highest BCUT2D eigenvalue weighted by Gasteiger charge is 2.05. The molecule has 3 aromatic rings. The molecule has 0 spiro atoms. The second-order valence-electron chi connectivity index (χ2n) is 5.43. The van der Waals surface area contributed by atoms with Crippen molar-refractivity contribution in [3.05, 3.63) is 59.4 Å². The summed E-state index contributed by atoms with van der Waals surface area (Å²) in [6, 6.07) is 9.62. The zero-order valence-electron chi connectivity index (χ0n) is 14.7. The van der Waals surface area contributed by atoms with E-state index in [4.69, 9.17) is 4.74 Å². The number of amides is 2. The molecule has 0 unspecified atom stereocenters. The highest BCUT2D eigenvalue weighted by Crippen LogP contribution is 2.15. The van der Waals surface area contributed by atoms with Crippen LogP contribution in [0.2, 0.25) is 0 Å². The number of hydrogen-bond donors (Lipinski definition) is 2. The standard InChI is InChI=1S/C17H19N7O3/c1-2-27-14-5-3-13(4-6-14)21-17(26)19-9-10-23-16(25)8-7-15(22-23)24-12-18-11-20-24/h3-8,11-12H,2,9-10H2,1H3,(H2,19,21,26). The average molecular weight is 369 g/mol. The molecular formula is C17H19N7O3. The first-order valence-electron chi connectivity index (χ1n) is 8.36. The summed E-state index contributed by atoms with van der Waals surface area (Å²) in [7, 11) is 0. The first-order valence-corrected chi connectivity index (χ1v) is 8.36. The summed E-state index contributed by atoms with van der Waals surface area (Å²) in [4.78, 5) is 27.7. The van der Waals surface area contributed by atoms with Crippen LogP contribution >= 0.6 is 0 Å². The van der Waals surface area contributed by atoms with Gasteiger partial charge >= 0.3 is 6.03 Å². The number of nitrogens with one attached hydrogen (secondary N) is 2. The quantitative estimate of drug-likeness (QED) is 0.643. The monoisotopic (exact) mass is 369 g/mol. The van der Waals surface area contributed by atoms with Crippen molar-refractivity contribution in [2.45, 2.75) is 13.5 Å². The molecule has 2 amide bonds. The van der Waals surface area contributed by atoms with Gasteiger partial charge < -0.3 is 15.4 Å². The second kappa shape index (κ2) is 8.61. The van der Waals surface area contributed by atoms with Gasteiger partial charge in [0.05, 0.1) is 13.2 Å². The Labute approximate surface area is 154 Å².